The number of hydroxylamine groups is 1. The summed E-state index contributed by atoms with van der Waals surface area (Å²) in [6, 6.07) is 9.09. The van der Waals surface area contributed by atoms with Crippen LogP contribution in [0.25, 0.3) is 0 Å². The highest BCUT2D eigenvalue weighted by molar-refractivity contribution is 6.28. The molecule has 0 aromatic heterocycles. The first-order valence-electron chi connectivity index (χ1n) is 21.3. The quantitative estimate of drug-likeness (QED) is 0.0668. The van der Waals surface area contributed by atoms with Gasteiger partial charge in [0.2, 0.25) is 35.4 Å². The summed E-state index contributed by atoms with van der Waals surface area (Å²) in [5.41, 5.74) is 9.38. The SMILES string of the molecule is CC(C)C[C@H](NC(=O)CNC(=O)[C@H](C)N)C(=O)N[C@@H](C)C(=O)N[C@@H](CC(C)C)C(=O)N1CCC[C@H]1C(=O)NCCCNOC(=O)C(F)(F)F.O=C1c2ccccc2C(=O)c2ccccc21. The summed E-state index contributed by atoms with van der Waals surface area (Å²) in [4.78, 5) is 117. The summed E-state index contributed by atoms with van der Waals surface area (Å²) in [7, 11) is 0. The molecule has 2 aliphatic rings. The Labute approximate surface area is 375 Å². The van der Waals surface area contributed by atoms with E-state index < -0.39 is 84.3 Å². The van der Waals surface area contributed by atoms with Crippen molar-refractivity contribution < 1.29 is 61.2 Å². The van der Waals surface area contributed by atoms with Crippen LogP contribution in [0, 0.1) is 11.8 Å². The van der Waals surface area contributed by atoms with Crippen LogP contribution in [0.5, 0.6) is 0 Å². The summed E-state index contributed by atoms with van der Waals surface area (Å²) < 4.78 is 36.6. The number of carbonyl (C=O) groups excluding carboxylic acids is 9. The number of carbonyl (C=O) groups is 9. The van der Waals surface area contributed by atoms with Crippen molar-refractivity contribution in [2.24, 2.45) is 17.6 Å². The van der Waals surface area contributed by atoms with Crippen LogP contribution in [0.3, 0.4) is 0 Å². The third-order valence-electron chi connectivity index (χ3n) is 10.1. The van der Waals surface area contributed by atoms with Crippen LogP contribution < -0.4 is 37.8 Å². The van der Waals surface area contributed by atoms with Gasteiger partial charge in [-0.1, -0.05) is 76.2 Å². The van der Waals surface area contributed by atoms with Crippen LogP contribution in [0.4, 0.5) is 13.2 Å². The van der Waals surface area contributed by atoms with Gasteiger partial charge >= 0.3 is 12.1 Å². The third-order valence-corrected chi connectivity index (χ3v) is 10.1. The summed E-state index contributed by atoms with van der Waals surface area (Å²) >= 11 is 0. The van der Waals surface area contributed by atoms with E-state index in [0.29, 0.717) is 35.1 Å². The maximum atomic E-state index is 13.6. The molecule has 5 atom stereocenters. The fraction of sp³-hybridized carbons (Fsp3) is 0.523. The Balaban J connectivity index is 0.000000574. The Kier molecular flexibility index (Phi) is 20.2. The van der Waals surface area contributed by atoms with Gasteiger partial charge in [0.15, 0.2) is 11.6 Å². The van der Waals surface area contributed by atoms with Crippen molar-refractivity contribution in [3.05, 3.63) is 70.8 Å². The number of nitrogens with zero attached hydrogens (tertiary/aromatic N) is 1. The van der Waals surface area contributed by atoms with Gasteiger partial charge in [-0.2, -0.15) is 18.7 Å². The fourth-order valence-corrected chi connectivity index (χ4v) is 6.86. The number of alkyl halides is 3. The topological polar surface area (TPSA) is 264 Å². The first-order valence-corrected chi connectivity index (χ1v) is 21.3. The zero-order valence-corrected chi connectivity index (χ0v) is 37.3. The first-order chi connectivity index (χ1) is 30.5. The van der Waals surface area contributed by atoms with Crippen LogP contribution in [0.15, 0.2) is 48.5 Å². The monoisotopic (exact) mass is 916 g/mol. The second kappa shape index (κ2) is 24.7. The van der Waals surface area contributed by atoms with Crippen molar-refractivity contribution in [3.8, 4) is 0 Å². The van der Waals surface area contributed by atoms with E-state index in [2.05, 4.69) is 31.4 Å². The van der Waals surface area contributed by atoms with Gasteiger partial charge in [-0.25, -0.2) is 4.79 Å². The molecule has 356 valence electrons. The average Bonchev–Trinajstić information content (AvgIpc) is 3.75. The molecule has 8 N–H and O–H groups in total. The fourth-order valence-electron chi connectivity index (χ4n) is 6.86. The summed E-state index contributed by atoms with van der Waals surface area (Å²) in [6.45, 7) is 9.97. The van der Waals surface area contributed by atoms with Gasteiger partial charge in [0.05, 0.1) is 12.6 Å². The Hall–Kier alpha value is -6.22. The van der Waals surface area contributed by atoms with E-state index in [9.17, 15) is 56.3 Å². The molecule has 6 amide bonds. The molecule has 1 fully saturated rings. The molecule has 0 bridgehead atoms. The van der Waals surface area contributed by atoms with E-state index in [1.165, 1.54) is 18.7 Å². The molecule has 2 aromatic rings. The highest BCUT2D eigenvalue weighted by Crippen LogP contribution is 2.27. The van der Waals surface area contributed by atoms with Gasteiger partial charge in [0.25, 0.3) is 0 Å². The number of hydrogen-bond acceptors (Lipinski definition) is 12. The van der Waals surface area contributed by atoms with Crippen LogP contribution in [0.2, 0.25) is 0 Å². The molecule has 1 aliphatic heterocycles. The lowest BCUT2D eigenvalue weighted by Gasteiger charge is -2.30. The zero-order valence-electron chi connectivity index (χ0n) is 37.3. The number of halogens is 3. The standard InChI is InChI=1S/C30H51F3N8O8.C14H8O2/c1-16(2)13-20(39-23(42)15-36-24(43)18(5)34)26(45)38-19(6)25(44)40-21(14-17(3)4)28(47)41-12-7-9-22(41)27(46)35-10-8-11-37-49-29(48)30(31,32)33;15-13-9-5-1-2-6-10(9)14(16)12-8-4-3-7-11(12)13/h16-22,37H,7-15,34H2,1-6H3,(H,35,46)(H,36,43)(H,38,45)(H,39,42)(H,40,44);1-8H/t18-,19-,20-,21-,22-;/m0./s1. The highest BCUT2D eigenvalue weighted by Gasteiger charge is 2.42. The molecule has 4 rings (SSSR count). The Morgan fingerprint density at radius 1 is 0.723 bits per heavy atom. The number of nitrogens with two attached hydrogens (primary N) is 1. The molecule has 0 saturated carbocycles. The predicted octanol–water partition coefficient (Wildman–Crippen LogP) is 1.59. The molecule has 1 heterocycles. The average molecular weight is 917 g/mol. The molecule has 0 spiro atoms. The lowest BCUT2D eigenvalue weighted by molar-refractivity contribution is -0.206. The third kappa shape index (κ3) is 16.1. The van der Waals surface area contributed by atoms with Crippen molar-refractivity contribution in [2.45, 2.75) is 110 Å². The maximum Gasteiger partial charge on any atom is 0.492 e. The number of hydrogen-bond donors (Lipinski definition) is 7. The van der Waals surface area contributed by atoms with E-state index in [1.54, 1.807) is 48.5 Å². The van der Waals surface area contributed by atoms with Gasteiger partial charge in [0, 0.05) is 41.9 Å². The lowest BCUT2D eigenvalue weighted by Crippen LogP contribution is -2.58. The Morgan fingerprint density at radius 2 is 1.25 bits per heavy atom. The second-order valence-corrected chi connectivity index (χ2v) is 16.5. The molecule has 21 heteroatoms. The maximum absolute atomic E-state index is 13.6. The molecular weight excluding hydrogens is 858 g/mol. The minimum absolute atomic E-state index is 0.0166. The van der Waals surface area contributed by atoms with Crippen molar-refractivity contribution >= 4 is 53.0 Å². The van der Waals surface area contributed by atoms with Gasteiger partial charge in [-0.15, -0.1) is 0 Å². The molecule has 2 aromatic carbocycles. The smallest absolute Gasteiger partial charge is 0.364 e. The molecule has 0 unspecified atom stereocenters. The van der Waals surface area contributed by atoms with Gasteiger partial charge in [0.1, 0.15) is 24.2 Å². The summed E-state index contributed by atoms with van der Waals surface area (Å²) in [6.07, 6.45) is -3.67. The number of likely N-dealkylation sites (tertiary alicyclic amines) is 1. The number of fused-ring (bicyclic) bond motifs is 2. The normalized spacial score (nSPS) is 16.1. The molecule has 1 saturated heterocycles. The zero-order chi connectivity index (χ0) is 48.6. The van der Waals surface area contributed by atoms with Crippen LogP contribution in [-0.2, 0) is 38.4 Å². The van der Waals surface area contributed by atoms with Crippen molar-refractivity contribution in [1.29, 1.82) is 0 Å². The first kappa shape index (κ1) is 53.1. The van der Waals surface area contributed by atoms with Crippen molar-refractivity contribution in [2.75, 3.05) is 26.2 Å². The van der Waals surface area contributed by atoms with E-state index >= 15 is 0 Å². The Morgan fingerprint density at radius 3 is 1.74 bits per heavy atom. The van der Waals surface area contributed by atoms with Gasteiger partial charge < -0.3 is 42.1 Å². The van der Waals surface area contributed by atoms with Crippen LogP contribution in [-0.4, -0.2) is 120 Å². The van der Waals surface area contributed by atoms with Crippen molar-refractivity contribution in [3.63, 3.8) is 0 Å². The molecule has 65 heavy (non-hydrogen) atoms. The van der Waals surface area contributed by atoms with E-state index in [1.807, 2.05) is 33.2 Å². The van der Waals surface area contributed by atoms with Gasteiger partial charge in [-0.3, -0.25) is 38.4 Å². The molecule has 1 aliphatic carbocycles. The largest absolute Gasteiger partial charge is 0.492 e. The number of nitrogens with one attached hydrogen (secondary N) is 6. The van der Waals surface area contributed by atoms with E-state index in [4.69, 9.17) is 5.73 Å². The van der Waals surface area contributed by atoms with Crippen LogP contribution >= 0.6 is 0 Å². The lowest BCUT2D eigenvalue weighted by atomic mass is 9.84. The molecule has 0 radical (unpaired) electrons. The minimum atomic E-state index is -5.14. The number of ketones is 2. The molecule has 18 nitrogen and oxygen atoms in total. The predicted molar refractivity (Wildman–Crippen MR) is 229 cm³/mol. The highest BCUT2D eigenvalue weighted by atomic mass is 19.4. The summed E-state index contributed by atoms with van der Waals surface area (Å²) in [5, 5.41) is 12.8. The van der Waals surface area contributed by atoms with E-state index in [-0.39, 0.29) is 62.3 Å². The number of rotatable bonds is 19. The molecular formula is C44H59F3N8O10. The van der Waals surface area contributed by atoms with E-state index in [0.717, 1.165) is 0 Å². The van der Waals surface area contributed by atoms with Crippen LogP contribution in [0.1, 0.15) is 105 Å². The Bertz CT molecular complexity index is 1960. The number of amides is 6. The minimum Gasteiger partial charge on any atom is -0.364 e. The van der Waals surface area contributed by atoms with Crippen molar-refractivity contribution in [1.82, 2.24) is 37.0 Å². The van der Waals surface area contributed by atoms with Gasteiger partial charge in [-0.05, 0) is 57.8 Å². The number of benzene rings is 2. The summed E-state index contributed by atoms with van der Waals surface area (Å²) in [5.74, 6) is -6.01. The second-order valence-electron chi connectivity index (χ2n) is 16.5.